The molecule has 0 fully saturated rings. The molecule has 0 bridgehead atoms. The van der Waals surface area contributed by atoms with Gasteiger partial charge in [0.15, 0.2) is 15.6 Å². The van der Waals surface area contributed by atoms with E-state index >= 15 is 0 Å². The first-order valence-corrected chi connectivity index (χ1v) is 6.97. The quantitative estimate of drug-likeness (QED) is 0.628. The van der Waals surface area contributed by atoms with Crippen molar-refractivity contribution in [2.75, 3.05) is 5.75 Å². The molecule has 1 atom stereocenters. The lowest BCUT2D eigenvalue weighted by atomic mass is 10.1. The molecule has 1 unspecified atom stereocenters. The van der Waals surface area contributed by atoms with E-state index in [1.165, 1.54) is 19.1 Å². The van der Waals surface area contributed by atoms with Gasteiger partial charge in [-0.3, -0.25) is 4.79 Å². The molecule has 0 heterocycles. The first kappa shape index (κ1) is 14.1. The largest absolute Gasteiger partial charge is 0.291 e. The monoisotopic (exact) mass is 278 g/mol. The van der Waals surface area contributed by atoms with Crippen molar-refractivity contribution in [3.05, 3.63) is 35.6 Å². The summed E-state index contributed by atoms with van der Waals surface area (Å²) in [7, 11) is -3.76. The van der Waals surface area contributed by atoms with Crippen LogP contribution in [0.15, 0.2) is 24.3 Å². The number of benzene rings is 1. The summed E-state index contributed by atoms with van der Waals surface area (Å²) in [6, 6.07) is 4.79. The van der Waals surface area contributed by atoms with Crippen molar-refractivity contribution in [3.63, 3.8) is 0 Å². The minimum atomic E-state index is -3.76. The van der Waals surface area contributed by atoms with Crippen LogP contribution in [0.4, 0.5) is 4.39 Å². The Morgan fingerprint density at radius 2 is 2.06 bits per heavy atom. The molecule has 0 aliphatic heterocycles. The summed E-state index contributed by atoms with van der Waals surface area (Å²) >= 11 is 5.81. The maximum Gasteiger partial charge on any atom is 0.205 e. The third-order valence-electron chi connectivity index (χ3n) is 2.46. The highest BCUT2D eigenvalue weighted by molar-refractivity contribution is 7.95. The van der Waals surface area contributed by atoms with E-state index in [9.17, 15) is 17.6 Å². The van der Waals surface area contributed by atoms with Crippen molar-refractivity contribution in [3.8, 4) is 0 Å². The number of hydrogen-bond acceptors (Lipinski definition) is 3. The Balaban J connectivity index is 3.23. The SMILES string of the molecule is CCS(=O)(=O)C(C)(Cl)C(=O)c1cccc(F)c1. The van der Waals surface area contributed by atoms with E-state index in [1.807, 2.05) is 0 Å². The fraction of sp³-hybridized carbons (Fsp3) is 0.364. The third-order valence-corrected chi connectivity index (χ3v) is 5.45. The summed E-state index contributed by atoms with van der Waals surface area (Å²) in [5.74, 6) is -1.69. The van der Waals surface area contributed by atoms with Crippen LogP contribution in [0.1, 0.15) is 24.2 Å². The lowest BCUT2D eigenvalue weighted by Crippen LogP contribution is -2.39. The van der Waals surface area contributed by atoms with Gasteiger partial charge in [0.25, 0.3) is 0 Å². The van der Waals surface area contributed by atoms with Gasteiger partial charge in [-0.05, 0) is 19.1 Å². The molecule has 1 aromatic carbocycles. The smallest absolute Gasteiger partial charge is 0.205 e. The molecule has 1 aromatic rings. The van der Waals surface area contributed by atoms with Crippen molar-refractivity contribution < 1.29 is 17.6 Å². The molecular formula is C11H12ClFO3S. The van der Waals surface area contributed by atoms with Gasteiger partial charge in [-0.2, -0.15) is 0 Å². The van der Waals surface area contributed by atoms with E-state index in [0.29, 0.717) is 0 Å². The summed E-state index contributed by atoms with van der Waals surface area (Å²) in [6.45, 7) is 2.51. The molecule has 17 heavy (non-hydrogen) atoms. The molecule has 0 saturated heterocycles. The zero-order chi connectivity index (χ0) is 13.3. The van der Waals surface area contributed by atoms with E-state index in [1.54, 1.807) is 0 Å². The number of carbonyl (C=O) groups is 1. The average Bonchev–Trinajstić information content (AvgIpc) is 2.27. The zero-order valence-electron chi connectivity index (χ0n) is 9.41. The summed E-state index contributed by atoms with van der Waals surface area (Å²) in [4.78, 5) is 11.9. The second-order valence-corrected chi connectivity index (χ2v) is 7.26. The van der Waals surface area contributed by atoms with E-state index in [4.69, 9.17) is 11.6 Å². The first-order valence-electron chi connectivity index (χ1n) is 4.94. The fourth-order valence-corrected chi connectivity index (χ4v) is 2.68. The Labute approximate surface area is 105 Å². The van der Waals surface area contributed by atoms with Crippen LogP contribution in [0.5, 0.6) is 0 Å². The van der Waals surface area contributed by atoms with Crippen LogP contribution >= 0.6 is 11.6 Å². The van der Waals surface area contributed by atoms with Gasteiger partial charge in [0.05, 0.1) is 0 Å². The van der Waals surface area contributed by atoms with Crippen molar-refractivity contribution in [1.29, 1.82) is 0 Å². The van der Waals surface area contributed by atoms with Crippen LogP contribution in [0, 0.1) is 5.82 Å². The molecule has 0 aliphatic rings. The van der Waals surface area contributed by atoms with Crippen LogP contribution < -0.4 is 0 Å². The lowest BCUT2D eigenvalue weighted by molar-refractivity contribution is 0.0977. The number of halogens is 2. The molecule has 6 heteroatoms. The van der Waals surface area contributed by atoms with Crippen molar-refractivity contribution in [2.45, 2.75) is 18.1 Å². The Morgan fingerprint density at radius 3 is 2.53 bits per heavy atom. The second-order valence-electron chi connectivity index (χ2n) is 3.66. The van der Waals surface area contributed by atoms with Gasteiger partial charge in [-0.15, -0.1) is 0 Å². The molecule has 0 saturated carbocycles. The molecule has 3 nitrogen and oxygen atoms in total. The van der Waals surface area contributed by atoms with Gasteiger partial charge in [0.1, 0.15) is 5.82 Å². The normalized spacial score (nSPS) is 15.3. The summed E-state index contributed by atoms with van der Waals surface area (Å²) in [6.07, 6.45) is 0. The number of Topliss-reactive ketones (excluding diaryl/α,β-unsaturated/α-hetero) is 1. The molecule has 0 radical (unpaired) electrons. The van der Waals surface area contributed by atoms with E-state index in [-0.39, 0.29) is 11.3 Å². The fourth-order valence-electron chi connectivity index (χ4n) is 1.30. The number of hydrogen-bond donors (Lipinski definition) is 0. The van der Waals surface area contributed by atoms with Crippen LogP contribution in [0.3, 0.4) is 0 Å². The van der Waals surface area contributed by atoms with Crippen molar-refractivity contribution in [1.82, 2.24) is 0 Å². The molecule has 94 valence electrons. The van der Waals surface area contributed by atoms with Gasteiger partial charge in [0.2, 0.25) is 4.21 Å². The number of carbonyl (C=O) groups excluding carboxylic acids is 1. The van der Waals surface area contributed by atoms with Crippen LogP contribution in [0.2, 0.25) is 0 Å². The number of alkyl halides is 1. The predicted octanol–water partition coefficient (Wildman–Crippen LogP) is 2.40. The van der Waals surface area contributed by atoms with Gasteiger partial charge in [0, 0.05) is 11.3 Å². The first-order chi connectivity index (χ1) is 7.72. The minimum absolute atomic E-state index is 0.0560. The summed E-state index contributed by atoms with van der Waals surface area (Å²) in [5, 5.41) is 0. The maximum atomic E-state index is 12.9. The lowest BCUT2D eigenvalue weighted by Gasteiger charge is -2.20. The van der Waals surface area contributed by atoms with Gasteiger partial charge in [-0.1, -0.05) is 30.7 Å². The van der Waals surface area contributed by atoms with E-state index < -0.39 is 25.6 Å². The van der Waals surface area contributed by atoms with Gasteiger partial charge >= 0.3 is 0 Å². The van der Waals surface area contributed by atoms with Crippen LogP contribution in [-0.2, 0) is 9.84 Å². The molecule has 1 rings (SSSR count). The van der Waals surface area contributed by atoms with E-state index in [2.05, 4.69) is 0 Å². The molecule has 0 spiro atoms. The highest BCUT2D eigenvalue weighted by atomic mass is 35.5. The van der Waals surface area contributed by atoms with Gasteiger partial charge < -0.3 is 0 Å². The Morgan fingerprint density at radius 1 is 1.47 bits per heavy atom. The van der Waals surface area contributed by atoms with Crippen LogP contribution in [0.25, 0.3) is 0 Å². The molecular weight excluding hydrogens is 267 g/mol. The minimum Gasteiger partial charge on any atom is -0.291 e. The second kappa shape index (κ2) is 4.74. The van der Waals surface area contributed by atoms with E-state index in [0.717, 1.165) is 19.1 Å². The average molecular weight is 279 g/mol. The topological polar surface area (TPSA) is 51.2 Å². The summed E-state index contributed by atoms with van der Waals surface area (Å²) < 4.78 is 34.2. The highest BCUT2D eigenvalue weighted by Gasteiger charge is 2.43. The summed E-state index contributed by atoms with van der Waals surface area (Å²) in [5.41, 5.74) is -0.0560. The molecule has 0 amide bonds. The van der Waals surface area contributed by atoms with Crippen molar-refractivity contribution >= 4 is 27.2 Å². The Kier molecular flexibility index (Phi) is 3.94. The highest BCUT2D eigenvalue weighted by Crippen LogP contribution is 2.28. The maximum absolute atomic E-state index is 12.9. The Hall–Kier alpha value is -0.940. The zero-order valence-corrected chi connectivity index (χ0v) is 11.0. The number of rotatable bonds is 4. The van der Waals surface area contributed by atoms with Crippen LogP contribution in [-0.4, -0.2) is 24.2 Å². The molecule has 0 aromatic heterocycles. The van der Waals surface area contributed by atoms with Gasteiger partial charge in [-0.25, -0.2) is 12.8 Å². The molecule has 0 N–H and O–H groups in total. The number of ketones is 1. The predicted molar refractivity (Wildman–Crippen MR) is 64.4 cm³/mol. The Bertz CT molecular complexity index is 537. The molecule has 0 aliphatic carbocycles. The third kappa shape index (κ3) is 2.66. The standard InChI is InChI=1S/C11H12ClFO3S/c1-3-17(15,16)11(2,12)10(14)8-5-4-6-9(13)7-8/h4-7H,3H2,1-2H3. The van der Waals surface area contributed by atoms with Crippen molar-refractivity contribution in [2.24, 2.45) is 0 Å². The number of sulfone groups is 1.